The summed E-state index contributed by atoms with van der Waals surface area (Å²) in [4.78, 5) is 11.2. The first-order chi connectivity index (χ1) is 9.56. The molecular formula is C15H12ClFO3. The predicted octanol–water partition coefficient (Wildman–Crippen LogP) is 3.55. The van der Waals surface area contributed by atoms with E-state index in [9.17, 15) is 9.18 Å². The lowest BCUT2D eigenvalue weighted by atomic mass is 10.1. The maximum Gasteiger partial charge on any atom is 0.345 e. The summed E-state index contributed by atoms with van der Waals surface area (Å²) < 4.78 is 18.9. The van der Waals surface area contributed by atoms with E-state index in [0.717, 1.165) is 0 Å². The lowest BCUT2D eigenvalue weighted by Crippen LogP contribution is -2.29. The number of carboxylic acid groups (broad SMARTS) is 1. The van der Waals surface area contributed by atoms with E-state index in [-0.39, 0.29) is 6.42 Å². The van der Waals surface area contributed by atoms with Gasteiger partial charge in [0.05, 0.1) is 0 Å². The molecule has 0 bridgehead atoms. The summed E-state index contributed by atoms with van der Waals surface area (Å²) in [5.74, 6) is -1.22. The largest absolute Gasteiger partial charge is 0.478 e. The maximum absolute atomic E-state index is 13.5. The molecular weight excluding hydrogens is 283 g/mol. The summed E-state index contributed by atoms with van der Waals surface area (Å²) in [6, 6.07) is 12.4. The van der Waals surface area contributed by atoms with Gasteiger partial charge in [0, 0.05) is 11.4 Å². The second-order valence-corrected chi connectivity index (χ2v) is 4.63. The van der Waals surface area contributed by atoms with Crippen LogP contribution in [-0.2, 0) is 11.2 Å². The summed E-state index contributed by atoms with van der Waals surface area (Å²) >= 11 is 5.74. The average Bonchev–Trinajstić information content (AvgIpc) is 2.42. The van der Waals surface area contributed by atoms with Gasteiger partial charge in [-0.1, -0.05) is 29.8 Å². The van der Waals surface area contributed by atoms with E-state index < -0.39 is 17.9 Å². The lowest BCUT2D eigenvalue weighted by Gasteiger charge is -2.15. The van der Waals surface area contributed by atoms with Crippen molar-refractivity contribution < 1.29 is 19.0 Å². The monoisotopic (exact) mass is 294 g/mol. The highest BCUT2D eigenvalue weighted by molar-refractivity contribution is 6.30. The normalized spacial score (nSPS) is 11.9. The quantitative estimate of drug-likeness (QED) is 0.917. The molecule has 0 fully saturated rings. The Kier molecular flexibility index (Phi) is 4.58. The number of rotatable bonds is 5. The Balaban J connectivity index is 2.14. The molecule has 0 saturated heterocycles. The van der Waals surface area contributed by atoms with Gasteiger partial charge < -0.3 is 9.84 Å². The standard InChI is InChI=1S/C15H12ClFO3/c16-11-5-7-12(8-6-11)20-14(15(18)19)9-10-3-1-2-4-13(10)17/h1-8,14H,9H2,(H,18,19)/t14-/m1/s1. The second-order valence-electron chi connectivity index (χ2n) is 4.19. The van der Waals surface area contributed by atoms with Crippen molar-refractivity contribution in [3.63, 3.8) is 0 Å². The molecule has 0 radical (unpaired) electrons. The number of hydrogen-bond acceptors (Lipinski definition) is 2. The van der Waals surface area contributed by atoms with E-state index >= 15 is 0 Å². The number of ether oxygens (including phenoxy) is 1. The molecule has 1 N–H and O–H groups in total. The van der Waals surface area contributed by atoms with Crippen LogP contribution >= 0.6 is 11.6 Å². The average molecular weight is 295 g/mol. The zero-order chi connectivity index (χ0) is 14.5. The van der Waals surface area contributed by atoms with Gasteiger partial charge in [0.25, 0.3) is 0 Å². The third kappa shape index (κ3) is 3.71. The van der Waals surface area contributed by atoms with Crippen molar-refractivity contribution in [3.05, 3.63) is 64.9 Å². The SMILES string of the molecule is O=C(O)[C@@H](Cc1ccccc1F)Oc1ccc(Cl)cc1. The summed E-state index contributed by atoms with van der Waals surface area (Å²) in [7, 11) is 0. The van der Waals surface area contributed by atoms with Crippen LogP contribution in [-0.4, -0.2) is 17.2 Å². The minimum atomic E-state index is -1.16. The number of halogens is 2. The van der Waals surface area contributed by atoms with Crippen LogP contribution in [0.2, 0.25) is 5.02 Å². The van der Waals surface area contributed by atoms with E-state index in [1.54, 1.807) is 36.4 Å². The van der Waals surface area contributed by atoms with Gasteiger partial charge in [-0.2, -0.15) is 0 Å². The molecule has 104 valence electrons. The van der Waals surface area contributed by atoms with Crippen molar-refractivity contribution in [2.24, 2.45) is 0 Å². The number of benzene rings is 2. The van der Waals surface area contributed by atoms with Crippen molar-refractivity contribution in [1.82, 2.24) is 0 Å². The van der Waals surface area contributed by atoms with Gasteiger partial charge >= 0.3 is 5.97 Å². The van der Waals surface area contributed by atoms with Gasteiger partial charge in [0.15, 0.2) is 6.10 Å². The molecule has 5 heteroatoms. The van der Waals surface area contributed by atoms with Gasteiger partial charge in [0.2, 0.25) is 0 Å². The molecule has 2 aromatic rings. The Labute approximate surface area is 120 Å². The van der Waals surface area contributed by atoms with Crippen LogP contribution in [0.5, 0.6) is 5.75 Å². The van der Waals surface area contributed by atoms with E-state index in [2.05, 4.69) is 0 Å². The molecule has 0 spiro atoms. The molecule has 1 atom stereocenters. The van der Waals surface area contributed by atoms with Crippen LogP contribution in [0, 0.1) is 5.82 Å². The molecule has 3 nitrogen and oxygen atoms in total. The summed E-state index contributed by atoms with van der Waals surface area (Å²) in [5, 5.41) is 9.69. The number of carbonyl (C=O) groups is 1. The van der Waals surface area contributed by atoms with Crippen molar-refractivity contribution in [3.8, 4) is 5.75 Å². The fourth-order valence-electron chi connectivity index (χ4n) is 1.72. The Morgan fingerprint density at radius 1 is 1.20 bits per heavy atom. The van der Waals surface area contributed by atoms with Crippen molar-refractivity contribution in [1.29, 1.82) is 0 Å². The Bertz CT molecular complexity index is 598. The van der Waals surface area contributed by atoms with Crippen molar-refractivity contribution >= 4 is 17.6 Å². The Hall–Kier alpha value is -2.07. The van der Waals surface area contributed by atoms with Gasteiger partial charge in [-0.25, -0.2) is 9.18 Å². The van der Waals surface area contributed by atoms with Gasteiger partial charge in [-0.3, -0.25) is 0 Å². The smallest absolute Gasteiger partial charge is 0.345 e. The molecule has 0 saturated carbocycles. The first kappa shape index (κ1) is 14.3. The van der Waals surface area contributed by atoms with Crippen LogP contribution < -0.4 is 4.74 Å². The minimum absolute atomic E-state index is 0.0510. The van der Waals surface area contributed by atoms with Crippen LogP contribution in [0.3, 0.4) is 0 Å². The summed E-state index contributed by atoms with van der Waals surface area (Å²) in [6.45, 7) is 0. The zero-order valence-corrected chi connectivity index (χ0v) is 11.2. The molecule has 0 aliphatic heterocycles. The number of carboxylic acids is 1. The van der Waals surface area contributed by atoms with Gasteiger partial charge in [-0.15, -0.1) is 0 Å². The predicted molar refractivity (Wildman–Crippen MR) is 73.6 cm³/mol. The second kappa shape index (κ2) is 6.39. The van der Waals surface area contributed by atoms with Crippen molar-refractivity contribution in [2.75, 3.05) is 0 Å². The molecule has 0 unspecified atom stereocenters. The number of hydrogen-bond donors (Lipinski definition) is 1. The molecule has 2 aromatic carbocycles. The highest BCUT2D eigenvalue weighted by Gasteiger charge is 2.21. The summed E-state index contributed by atoms with van der Waals surface area (Å²) in [5.41, 5.74) is 0.300. The minimum Gasteiger partial charge on any atom is -0.478 e. The highest BCUT2D eigenvalue weighted by atomic mass is 35.5. The first-order valence-corrected chi connectivity index (χ1v) is 6.32. The number of aliphatic carboxylic acids is 1. The first-order valence-electron chi connectivity index (χ1n) is 5.94. The molecule has 0 aromatic heterocycles. The van der Waals surface area contributed by atoms with Gasteiger partial charge in [0.1, 0.15) is 11.6 Å². The Morgan fingerprint density at radius 3 is 2.45 bits per heavy atom. The van der Waals surface area contributed by atoms with E-state index in [4.69, 9.17) is 21.4 Å². The van der Waals surface area contributed by atoms with E-state index in [1.807, 2.05) is 0 Å². The molecule has 0 aliphatic rings. The topological polar surface area (TPSA) is 46.5 Å². The zero-order valence-electron chi connectivity index (χ0n) is 10.4. The molecule has 20 heavy (non-hydrogen) atoms. The van der Waals surface area contributed by atoms with Crippen LogP contribution in [0.1, 0.15) is 5.56 Å². The molecule has 0 amide bonds. The van der Waals surface area contributed by atoms with Crippen LogP contribution in [0.25, 0.3) is 0 Å². The van der Waals surface area contributed by atoms with Crippen LogP contribution in [0.4, 0.5) is 4.39 Å². The third-order valence-corrected chi connectivity index (χ3v) is 2.98. The highest BCUT2D eigenvalue weighted by Crippen LogP contribution is 2.19. The molecule has 2 rings (SSSR count). The molecule has 0 aliphatic carbocycles. The molecule has 0 heterocycles. The fraction of sp³-hybridized carbons (Fsp3) is 0.133. The third-order valence-electron chi connectivity index (χ3n) is 2.73. The van der Waals surface area contributed by atoms with Crippen LogP contribution in [0.15, 0.2) is 48.5 Å². The maximum atomic E-state index is 13.5. The fourth-order valence-corrected chi connectivity index (χ4v) is 1.85. The van der Waals surface area contributed by atoms with Crippen molar-refractivity contribution in [2.45, 2.75) is 12.5 Å². The lowest BCUT2D eigenvalue weighted by molar-refractivity contribution is -0.145. The summed E-state index contributed by atoms with van der Waals surface area (Å²) in [6.07, 6.45) is -1.21. The van der Waals surface area contributed by atoms with E-state index in [0.29, 0.717) is 16.3 Å². The van der Waals surface area contributed by atoms with E-state index in [1.165, 1.54) is 12.1 Å². The Morgan fingerprint density at radius 2 is 1.85 bits per heavy atom. The van der Waals surface area contributed by atoms with Gasteiger partial charge in [-0.05, 0) is 35.9 Å².